The average Bonchev–Trinajstić information content (AvgIpc) is 1.62. The molecule has 34 nitrogen and oxygen atoms in total. The number of likely N-dealkylation sites (tertiary alicyclic amines) is 4. The number of aromatic amines is 2. The molecule has 564 valence electrons. The summed E-state index contributed by atoms with van der Waals surface area (Å²) in [6, 6.07) is -3.65. The van der Waals surface area contributed by atoms with E-state index in [0.29, 0.717) is 41.8 Å². The molecule has 4 fully saturated rings. The molecule has 2 aromatic heterocycles. The summed E-state index contributed by atoms with van der Waals surface area (Å²) < 4.78 is 0. The van der Waals surface area contributed by atoms with Crippen LogP contribution in [0, 0.1) is 5.92 Å². The smallest absolute Gasteiger partial charge is 0.326 e. The van der Waals surface area contributed by atoms with Gasteiger partial charge in [-0.3, -0.25) is 62.3 Å². The van der Waals surface area contributed by atoms with Gasteiger partial charge in [-0.1, -0.05) is 44.2 Å². The van der Waals surface area contributed by atoms with Crippen molar-refractivity contribution < 1.29 is 87.5 Å². The maximum Gasteiger partial charge on any atom is 0.326 e. The molecule has 12 amide bonds. The van der Waals surface area contributed by atoms with E-state index in [1.165, 1.54) is 58.0 Å². The lowest BCUT2D eigenvalue weighted by molar-refractivity contribution is -0.152. The number of nitrogens with two attached hydrogens (primary N) is 2. The van der Waals surface area contributed by atoms with Gasteiger partial charge in [0.25, 0.3) is 0 Å². The van der Waals surface area contributed by atoms with Crippen LogP contribution in [0.5, 0.6) is 5.75 Å². The number of rotatable bonds is 35. The predicted octanol–water partition coefficient (Wildman–Crippen LogP) is -2.08. The third-order valence-electron chi connectivity index (χ3n) is 19.0. The molecular weight excluding hydrogens is 1370 g/mol. The van der Waals surface area contributed by atoms with Crippen LogP contribution in [0.4, 0.5) is 0 Å². The van der Waals surface area contributed by atoms with Crippen molar-refractivity contribution >= 4 is 105 Å². The highest BCUT2D eigenvalue weighted by Crippen LogP contribution is 2.30. The van der Waals surface area contributed by atoms with Crippen LogP contribution in [0.3, 0.4) is 0 Å². The van der Waals surface area contributed by atoms with Crippen LogP contribution >= 0.6 is 11.8 Å². The van der Waals surface area contributed by atoms with Gasteiger partial charge in [-0.15, -0.1) is 0 Å². The first kappa shape index (κ1) is 79.5. The number of para-hydroxylation sites is 1. The topological polar surface area (TPSA) is 514 Å². The molecule has 0 spiro atoms. The maximum absolute atomic E-state index is 14.8. The number of amides is 12. The lowest BCUT2D eigenvalue weighted by Gasteiger charge is -2.36. The van der Waals surface area contributed by atoms with Crippen LogP contribution in [0.15, 0.2) is 67.3 Å². The number of carboxylic acid groups (broad SMARTS) is 2. The Balaban J connectivity index is 0.901. The van der Waals surface area contributed by atoms with Crippen LogP contribution in [0.25, 0.3) is 10.9 Å². The summed E-state index contributed by atoms with van der Waals surface area (Å²) in [5, 5.41) is 60.1. The summed E-state index contributed by atoms with van der Waals surface area (Å²) >= 11 is 1.39. The Morgan fingerprint density at radius 2 is 1.12 bits per heavy atom. The normalized spacial score (nSPS) is 19.9. The van der Waals surface area contributed by atoms with Gasteiger partial charge in [0.15, 0.2) is 0 Å². The van der Waals surface area contributed by atoms with Gasteiger partial charge in [-0.25, -0.2) is 9.78 Å². The fraction of sp³-hybridized carbons (Fsp3) is 0.551. The molecule has 4 aliphatic rings. The lowest BCUT2D eigenvalue weighted by Crippen LogP contribution is -2.62. The SMILES string of the molecule is CSCC[C@H](NC(=O)[C@@H](N)Cc1cnc[nH]1)C(=O)N[C@@H](CC(C)C)C(=O)N[C@@H](CC(N)=O)C(=O)N[C@@H](CC(=O)O)C(=O)N1CCC[C@H]1C(=O)N[C@H](C(=O)N1CCC[C@H]1C(=O)N1CCC[C@H]1C(=O)N1CCC[C@H]1C(=O)N[C@@H](Cc1ccc(O)cc1)C(=O)N[C@@H](Cc1c[nH]c2ccccc12)C(=O)O)[C@@H](C)O. The van der Waals surface area contributed by atoms with E-state index in [0.717, 1.165) is 15.8 Å². The number of aliphatic carboxylic acids is 2. The fourth-order valence-corrected chi connectivity index (χ4v) is 14.2. The summed E-state index contributed by atoms with van der Waals surface area (Å²) in [6.07, 6.45) is 4.36. The Hall–Kier alpha value is -10.2. The second-order valence-corrected chi connectivity index (χ2v) is 28.2. The maximum atomic E-state index is 14.8. The Morgan fingerprint density at radius 3 is 1.71 bits per heavy atom. The van der Waals surface area contributed by atoms with Crippen molar-refractivity contribution in [2.75, 3.05) is 38.2 Å². The molecule has 0 aliphatic carbocycles. The lowest BCUT2D eigenvalue weighted by atomic mass is 10.0. The Labute approximate surface area is 603 Å². The number of aromatic nitrogens is 3. The number of benzene rings is 2. The van der Waals surface area contributed by atoms with E-state index in [9.17, 15) is 87.5 Å². The van der Waals surface area contributed by atoms with Crippen LogP contribution in [-0.4, -0.2) is 255 Å². The predicted molar refractivity (Wildman–Crippen MR) is 374 cm³/mol. The van der Waals surface area contributed by atoms with Gasteiger partial charge in [0.2, 0.25) is 70.9 Å². The van der Waals surface area contributed by atoms with Gasteiger partial charge in [-0.05, 0) is 118 Å². The number of carbonyl (C=O) groups is 14. The highest BCUT2D eigenvalue weighted by Gasteiger charge is 2.49. The summed E-state index contributed by atoms with van der Waals surface area (Å²) in [4.78, 5) is 209. The van der Waals surface area contributed by atoms with E-state index in [1.54, 1.807) is 44.5 Å². The van der Waals surface area contributed by atoms with E-state index in [1.807, 2.05) is 18.2 Å². The van der Waals surface area contributed by atoms with Crippen LogP contribution in [0.1, 0.15) is 115 Å². The van der Waals surface area contributed by atoms with Gasteiger partial charge in [-0.2, -0.15) is 11.8 Å². The molecule has 8 rings (SSSR count). The molecule has 6 heterocycles. The second kappa shape index (κ2) is 36.8. The average molecular weight is 1470 g/mol. The third-order valence-corrected chi connectivity index (χ3v) is 19.7. The first-order valence-corrected chi connectivity index (χ1v) is 36.2. The molecule has 0 unspecified atom stereocenters. The van der Waals surface area contributed by atoms with Crippen molar-refractivity contribution in [2.24, 2.45) is 17.4 Å². The largest absolute Gasteiger partial charge is 0.508 e. The van der Waals surface area contributed by atoms with E-state index in [2.05, 4.69) is 52.2 Å². The van der Waals surface area contributed by atoms with E-state index < -0.39 is 174 Å². The monoisotopic (exact) mass is 1470 g/mol. The van der Waals surface area contributed by atoms with Crippen molar-refractivity contribution in [3.63, 3.8) is 0 Å². The van der Waals surface area contributed by atoms with Gasteiger partial charge < -0.3 is 98.7 Å². The molecule has 0 bridgehead atoms. The standard InChI is InChI=1S/C69H94N16O18S/c1-36(2)27-46(76-59(92)45(21-26-104-4)75-58(91)43(70)30-40-34-72-35-74-40)60(93)77-48(31-55(71)88)62(95)79-49(32-56(89)90)65(98)82-22-7-14-52(82)64(97)81-57(37(3)86)68(101)85-25-10-16-54(85)67(100)84-24-9-15-53(84)66(99)83-23-8-13-51(83)63(96)78-47(28-38-17-19-41(87)20-18-38)61(94)80-50(69(102)103)29-39-33-73-44-12-6-5-11-42(39)44/h5-6,11-12,17-20,33-37,43,45-54,57,73,86-87H,7-10,13-16,21-32,70H2,1-4H3,(H2,71,88)(H,72,74)(H,75,91)(H,76,92)(H,77,93)(H,78,96)(H,79,95)(H,80,94)(H,81,97)(H,89,90)(H,102,103)/t37-,43+,45+,46+,47+,48+,49+,50+,51+,52+,53+,54+,57+/m1/s1. The number of H-pyrrole nitrogens is 2. The molecule has 4 aromatic rings. The minimum atomic E-state index is -1.94. The van der Waals surface area contributed by atoms with Gasteiger partial charge in [0.05, 0.1) is 31.3 Å². The first-order chi connectivity index (χ1) is 49.5. The number of carbonyl (C=O) groups excluding carboxylic acids is 12. The highest BCUT2D eigenvalue weighted by atomic mass is 32.2. The molecular formula is C69H94N16O18S. The van der Waals surface area contributed by atoms with Crippen LogP contribution in [0.2, 0.25) is 0 Å². The Bertz CT molecular complexity index is 3780. The van der Waals surface area contributed by atoms with E-state index in [-0.39, 0.29) is 102 Å². The Kier molecular flexibility index (Phi) is 28.2. The molecule has 0 radical (unpaired) electrons. The van der Waals surface area contributed by atoms with Gasteiger partial charge in [0.1, 0.15) is 72.2 Å². The number of phenolic OH excluding ortho intramolecular Hbond substituents is 1. The van der Waals surface area contributed by atoms with Crippen LogP contribution in [-0.2, 0) is 86.4 Å². The van der Waals surface area contributed by atoms with Crippen LogP contribution < -0.4 is 48.7 Å². The molecule has 2 aromatic carbocycles. The number of aliphatic hydroxyl groups is 1. The number of fused-ring (bicyclic) bond motifs is 1. The minimum Gasteiger partial charge on any atom is -0.508 e. The number of hydrogen-bond acceptors (Lipinski definition) is 19. The summed E-state index contributed by atoms with van der Waals surface area (Å²) in [5.74, 6) is -13.2. The zero-order chi connectivity index (χ0) is 75.6. The zero-order valence-corrected chi connectivity index (χ0v) is 59.2. The molecule has 0 saturated carbocycles. The number of primary amides is 1. The third kappa shape index (κ3) is 20.8. The quantitative estimate of drug-likeness (QED) is 0.0235. The van der Waals surface area contributed by atoms with Crippen molar-refractivity contribution in [1.82, 2.24) is 71.8 Å². The van der Waals surface area contributed by atoms with Crippen molar-refractivity contribution in [3.8, 4) is 5.75 Å². The number of imidazole rings is 1. The van der Waals surface area contributed by atoms with Gasteiger partial charge >= 0.3 is 11.9 Å². The minimum absolute atomic E-state index is 0.0124. The van der Waals surface area contributed by atoms with Crippen molar-refractivity contribution in [2.45, 2.75) is 196 Å². The fourth-order valence-electron chi connectivity index (χ4n) is 13.7. The van der Waals surface area contributed by atoms with Gasteiger partial charge in [0, 0.05) is 74.4 Å². The summed E-state index contributed by atoms with van der Waals surface area (Å²) in [6.45, 7) is 4.72. The number of nitrogens with one attached hydrogen (secondary N) is 9. The number of carboxylic acids is 2. The summed E-state index contributed by atoms with van der Waals surface area (Å²) in [7, 11) is 0. The number of hydrogen-bond donors (Lipinski definition) is 15. The molecule has 4 aliphatic heterocycles. The molecule has 104 heavy (non-hydrogen) atoms. The van der Waals surface area contributed by atoms with Crippen molar-refractivity contribution in [3.05, 3.63) is 84.1 Å². The van der Waals surface area contributed by atoms with E-state index >= 15 is 0 Å². The Morgan fingerprint density at radius 1 is 0.587 bits per heavy atom. The number of aliphatic hydroxyl groups excluding tert-OH is 1. The molecule has 4 saturated heterocycles. The second-order valence-electron chi connectivity index (χ2n) is 27.2. The van der Waals surface area contributed by atoms with E-state index in [4.69, 9.17) is 11.5 Å². The highest BCUT2D eigenvalue weighted by molar-refractivity contribution is 7.98. The number of thioether (sulfide) groups is 1. The summed E-state index contributed by atoms with van der Waals surface area (Å²) in [5.41, 5.74) is 14.1. The molecule has 17 N–H and O–H groups in total. The first-order valence-electron chi connectivity index (χ1n) is 34.8. The number of phenols is 1. The van der Waals surface area contributed by atoms with Crippen molar-refractivity contribution in [1.29, 1.82) is 0 Å². The number of nitrogens with zero attached hydrogens (tertiary/aromatic N) is 5. The number of aromatic hydroxyl groups is 1. The zero-order valence-electron chi connectivity index (χ0n) is 58.4. The molecule has 13 atom stereocenters. The molecule has 35 heteroatoms.